The van der Waals surface area contributed by atoms with E-state index >= 15 is 0 Å². The number of alkyl halides is 1. The summed E-state index contributed by atoms with van der Waals surface area (Å²) in [6.07, 6.45) is 2.27. The van der Waals surface area contributed by atoms with Crippen molar-refractivity contribution in [1.29, 1.82) is 0 Å². The lowest BCUT2D eigenvalue weighted by atomic mass is 9.97. The lowest BCUT2D eigenvalue weighted by Gasteiger charge is -2.30. The maximum absolute atomic E-state index is 13.3. The maximum atomic E-state index is 13.3. The molecule has 4 aromatic rings. The standard InChI is InChI=1S/C31H37FN6O4/c1-18(15-34-31(40)41-3)42-27-6-4-5-21-12-26(38(28(21)27)16-19-7-8-19)29-35-24-13-23-20(11-25(24)36(29)2)9-10-37(30(23)39)17-22(33)14-32/h4-6,11-13,18-19,22H,7-10,14-17,33H2,1-3H3,(H,34,40)/t18-,22-/m1/s1. The van der Waals surface area contributed by atoms with Gasteiger partial charge < -0.3 is 34.6 Å². The third-order valence-corrected chi connectivity index (χ3v) is 8.22. The highest BCUT2D eigenvalue weighted by Gasteiger charge is 2.29. The fourth-order valence-electron chi connectivity index (χ4n) is 5.83. The summed E-state index contributed by atoms with van der Waals surface area (Å²) in [5.41, 5.74) is 11.0. The summed E-state index contributed by atoms with van der Waals surface area (Å²) < 4.78 is 28.4. The predicted molar refractivity (Wildman–Crippen MR) is 158 cm³/mol. The van der Waals surface area contributed by atoms with Crippen molar-refractivity contribution in [3.63, 3.8) is 0 Å². The maximum Gasteiger partial charge on any atom is 0.406 e. The zero-order valence-corrected chi connectivity index (χ0v) is 24.2. The zero-order valence-electron chi connectivity index (χ0n) is 24.2. The summed E-state index contributed by atoms with van der Waals surface area (Å²) in [4.78, 5) is 31.5. The summed E-state index contributed by atoms with van der Waals surface area (Å²) in [5, 5.41) is 3.73. The van der Waals surface area contributed by atoms with E-state index in [0.29, 0.717) is 31.0 Å². The van der Waals surface area contributed by atoms with Gasteiger partial charge in [0.25, 0.3) is 5.91 Å². The number of amides is 2. The van der Waals surface area contributed by atoms with Gasteiger partial charge in [0.1, 0.15) is 18.5 Å². The molecule has 2 amide bonds. The van der Waals surface area contributed by atoms with Gasteiger partial charge in [-0.1, -0.05) is 12.1 Å². The van der Waals surface area contributed by atoms with Crippen LogP contribution < -0.4 is 15.8 Å². The van der Waals surface area contributed by atoms with Gasteiger partial charge in [-0.05, 0) is 61.9 Å². The molecule has 222 valence electrons. The molecule has 11 heteroatoms. The van der Waals surface area contributed by atoms with Gasteiger partial charge in [-0.2, -0.15) is 0 Å². The average molecular weight is 577 g/mol. The minimum atomic E-state index is -0.685. The van der Waals surface area contributed by atoms with Crippen LogP contribution in [0.3, 0.4) is 0 Å². The SMILES string of the molecule is COC(=O)NC[C@@H](C)Oc1cccc2cc(-c3nc4cc5c(cc4n3C)CCN(C[C@H](N)CF)C5=O)n(CC3CC3)c12. The second-order valence-electron chi connectivity index (χ2n) is 11.5. The van der Waals surface area contributed by atoms with Crippen LogP contribution in [0.25, 0.3) is 33.5 Å². The Bertz CT molecular complexity index is 1660. The molecule has 2 aromatic heterocycles. The third-order valence-electron chi connectivity index (χ3n) is 8.22. The highest BCUT2D eigenvalue weighted by atomic mass is 19.1. The summed E-state index contributed by atoms with van der Waals surface area (Å²) in [5.74, 6) is 2.01. The number of carbonyl (C=O) groups excluding carboxylic acids is 2. The first-order valence-corrected chi connectivity index (χ1v) is 14.5. The third kappa shape index (κ3) is 5.29. The summed E-state index contributed by atoms with van der Waals surface area (Å²) in [6, 6.07) is 11.4. The van der Waals surface area contributed by atoms with Crippen molar-refractivity contribution in [3.05, 3.63) is 47.5 Å². The molecule has 42 heavy (non-hydrogen) atoms. The first kappa shape index (κ1) is 28.0. The molecule has 2 atom stereocenters. The van der Waals surface area contributed by atoms with Crippen LogP contribution in [0.1, 0.15) is 35.7 Å². The highest BCUT2D eigenvalue weighted by Crippen LogP contribution is 2.39. The van der Waals surface area contributed by atoms with E-state index in [1.807, 2.05) is 32.2 Å². The molecule has 0 saturated heterocycles. The smallest absolute Gasteiger partial charge is 0.406 e. The molecule has 1 aliphatic carbocycles. The molecule has 6 rings (SSSR count). The number of para-hydroxylation sites is 1. The van der Waals surface area contributed by atoms with Gasteiger partial charge in [-0.25, -0.2) is 14.2 Å². The predicted octanol–water partition coefficient (Wildman–Crippen LogP) is 4.02. The topological polar surface area (TPSA) is 117 Å². The number of nitrogens with zero attached hydrogens (tertiary/aromatic N) is 4. The molecule has 1 fully saturated rings. The summed E-state index contributed by atoms with van der Waals surface area (Å²) >= 11 is 0. The molecule has 0 spiro atoms. The van der Waals surface area contributed by atoms with Crippen LogP contribution in [0.2, 0.25) is 0 Å². The second-order valence-corrected chi connectivity index (χ2v) is 11.5. The van der Waals surface area contributed by atoms with E-state index in [1.165, 1.54) is 20.0 Å². The number of aromatic nitrogens is 3. The Morgan fingerprint density at radius 1 is 1.26 bits per heavy atom. The number of hydrogen-bond donors (Lipinski definition) is 2. The fourth-order valence-corrected chi connectivity index (χ4v) is 5.83. The van der Waals surface area contributed by atoms with Crippen molar-refractivity contribution in [2.24, 2.45) is 18.7 Å². The molecule has 0 unspecified atom stereocenters. The monoisotopic (exact) mass is 576 g/mol. The molecule has 1 saturated carbocycles. The van der Waals surface area contributed by atoms with Crippen LogP contribution >= 0.6 is 0 Å². The van der Waals surface area contributed by atoms with Crippen molar-refractivity contribution in [3.8, 4) is 17.3 Å². The molecule has 2 aromatic carbocycles. The average Bonchev–Trinajstić information content (AvgIpc) is 3.66. The van der Waals surface area contributed by atoms with Gasteiger partial charge in [-0.15, -0.1) is 0 Å². The quantitative estimate of drug-likeness (QED) is 0.295. The number of hydrogen-bond acceptors (Lipinski definition) is 6. The van der Waals surface area contributed by atoms with E-state index in [-0.39, 0.29) is 18.6 Å². The van der Waals surface area contributed by atoms with E-state index in [4.69, 9.17) is 15.5 Å². The fraction of sp³-hybridized carbons (Fsp3) is 0.452. The van der Waals surface area contributed by atoms with Gasteiger partial charge >= 0.3 is 6.09 Å². The number of nitrogens with two attached hydrogens (primary N) is 1. The van der Waals surface area contributed by atoms with Crippen molar-refractivity contribution in [2.45, 2.75) is 44.9 Å². The number of carbonyl (C=O) groups is 2. The Balaban J connectivity index is 1.39. The molecular formula is C31H37FN6O4. The van der Waals surface area contributed by atoms with Crippen molar-refractivity contribution < 1.29 is 23.5 Å². The number of halogens is 1. The van der Waals surface area contributed by atoms with Gasteiger partial charge in [0, 0.05) is 37.6 Å². The number of imidazole rings is 1. The van der Waals surface area contributed by atoms with E-state index in [9.17, 15) is 14.0 Å². The van der Waals surface area contributed by atoms with Crippen molar-refractivity contribution in [2.75, 3.05) is 33.4 Å². The number of aryl methyl sites for hydroxylation is 1. The van der Waals surface area contributed by atoms with Crippen LogP contribution in [-0.4, -0.2) is 76.6 Å². The molecule has 0 bridgehead atoms. The largest absolute Gasteiger partial charge is 0.487 e. The van der Waals surface area contributed by atoms with Gasteiger partial charge in [0.05, 0.1) is 41.9 Å². The van der Waals surface area contributed by atoms with Crippen LogP contribution in [-0.2, 0) is 24.8 Å². The van der Waals surface area contributed by atoms with Crippen molar-refractivity contribution in [1.82, 2.24) is 24.3 Å². The lowest BCUT2D eigenvalue weighted by molar-refractivity contribution is 0.0725. The number of ether oxygens (including phenoxy) is 2. The van der Waals surface area contributed by atoms with Gasteiger partial charge in [0.2, 0.25) is 0 Å². The minimum absolute atomic E-state index is 0.130. The Hall–Kier alpha value is -4.12. The number of benzene rings is 2. The Labute approximate surface area is 243 Å². The van der Waals surface area contributed by atoms with Gasteiger partial charge in [-0.3, -0.25) is 4.79 Å². The molecule has 3 N–H and O–H groups in total. The second kappa shape index (κ2) is 11.3. The van der Waals surface area contributed by atoms with Crippen LogP contribution in [0, 0.1) is 5.92 Å². The van der Waals surface area contributed by atoms with Crippen LogP contribution in [0.15, 0.2) is 36.4 Å². The van der Waals surface area contributed by atoms with E-state index in [1.54, 1.807) is 4.90 Å². The number of methoxy groups -OCH3 is 1. The van der Waals surface area contributed by atoms with Crippen LogP contribution in [0.4, 0.5) is 9.18 Å². The van der Waals surface area contributed by atoms with Crippen molar-refractivity contribution >= 4 is 33.9 Å². The molecule has 3 heterocycles. The first-order chi connectivity index (χ1) is 20.3. The Morgan fingerprint density at radius 3 is 2.81 bits per heavy atom. The number of nitrogens with one attached hydrogen (secondary N) is 1. The van der Waals surface area contributed by atoms with Gasteiger partial charge in [0.15, 0.2) is 5.82 Å². The number of alkyl carbamates (subject to hydrolysis) is 1. The van der Waals surface area contributed by atoms with E-state index in [2.05, 4.69) is 37.4 Å². The minimum Gasteiger partial charge on any atom is -0.487 e. The highest BCUT2D eigenvalue weighted by molar-refractivity contribution is 6.01. The summed E-state index contributed by atoms with van der Waals surface area (Å²) in [6.45, 7) is 3.11. The Kier molecular flexibility index (Phi) is 7.53. The molecular weight excluding hydrogens is 539 g/mol. The lowest BCUT2D eigenvalue weighted by Crippen LogP contribution is -2.45. The normalized spacial score (nSPS) is 16.5. The number of fused-ring (bicyclic) bond motifs is 3. The molecule has 1 aliphatic heterocycles. The van der Waals surface area contributed by atoms with E-state index < -0.39 is 18.8 Å². The molecule has 2 aliphatic rings. The number of rotatable bonds is 10. The van der Waals surface area contributed by atoms with E-state index in [0.717, 1.165) is 51.3 Å². The van der Waals surface area contributed by atoms with Crippen LogP contribution in [0.5, 0.6) is 5.75 Å². The molecule has 10 nitrogen and oxygen atoms in total. The zero-order chi connectivity index (χ0) is 29.5. The first-order valence-electron chi connectivity index (χ1n) is 14.5. The summed E-state index contributed by atoms with van der Waals surface area (Å²) in [7, 11) is 3.34. The molecule has 0 radical (unpaired) electrons. The Morgan fingerprint density at radius 2 is 2.07 bits per heavy atom.